The van der Waals surface area contributed by atoms with E-state index in [0.29, 0.717) is 40.4 Å². The molecule has 0 atom stereocenters. The molecule has 0 aliphatic rings. The number of thioether (sulfide) groups is 1. The van der Waals surface area contributed by atoms with E-state index < -0.39 is 0 Å². The van der Waals surface area contributed by atoms with Crippen molar-refractivity contribution in [3.05, 3.63) is 69.5 Å². The highest BCUT2D eigenvalue weighted by molar-refractivity contribution is 7.99. The van der Waals surface area contributed by atoms with E-state index in [0.717, 1.165) is 23.9 Å². The summed E-state index contributed by atoms with van der Waals surface area (Å²) in [5.74, 6) is 1.09. The van der Waals surface area contributed by atoms with E-state index in [-0.39, 0.29) is 17.2 Å². The number of hydrogen-bond acceptors (Lipinski definition) is 5. The van der Waals surface area contributed by atoms with Gasteiger partial charge in [0.25, 0.3) is 5.56 Å². The Morgan fingerprint density at radius 3 is 2.64 bits per heavy atom. The van der Waals surface area contributed by atoms with Crippen LogP contribution < -0.4 is 10.9 Å². The Kier molecular flexibility index (Phi) is 7.35. The SMILES string of the molecule is CC(C)CCn1c(=O)c2ccccc2n2c(SCC(=O)NCCc3ccc(Cl)cc3)nnc12. The molecule has 33 heavy (non-hydrogen) atoms. The van der Waals surface area contributed by atoms with Crippen molar-refractivity contribution in [2.75, 3.05) is 12.3 Å². The number of benzene rings is 2. The van der Waals surface area contributed by atoms with Crippen LogP contribution in [-0.4, -0.2) is 37.4 Å². The number of carbonyl (C=O) groups is 1. The number of halogens is 1. The lowest BCUT2D eigenvalue weighted by molar-refractivity contribution is -0.118. The van der Waals surface area contributed by atoms with E-state index in [4.69, 9.17) is 11.6 Å². The summed E-state index contributed by atoms with van der Waals surface area (Å²) in [5.41, 5.74) is 1.79. The fraction of sp³-hybridized carbons (Fsp3) is 0.333. The summed E-state index contributed by atoms with van der Waals surface area (Å²) in [6, 6.07) is 15.0. The highest BCUT2D eigenvalue weighted by Gasteiger charge is 2.17. The largest absolute Gasteiger partial charge is 0.355 e. The quantitative estimate of drug-likeness (QED) is 0.361. The molecule has 0 radical (unpaired) electrons. The zero-order valence-electron chi connectivity index (χ0n) is 18.6. The Morgan fingerprint density at radius 2 is 1.88 bits per heavy atom. The third kappa shape index (κ3) is 5.39. The van der Waals surface area contributed by atoms with Gasteiger partial charge in [-0.1, -0.05) is 61.5 Å². The van der Waals surface area contributed by atoms with Crippen molar-refractivity contribution in [1.29, 1.82) is 0 Å². The van der Waals surface area contributed by atoms with E-state index in [1.807, 2.05) is 52.9 Å². The molecule has 0 saturated heterocycles. The van der Waals surface area contributed by atoms with Gasteiger partial charge in [-0.05, 0) is 48.6 Å². The molecule has 1 N–H and O–H groups in total. The van der Waals surface area contributed by atoms with Gasteiger partial charge in [0.2, 0.25) is 11.7 Å². The van der Waals surface area contributed by atoms with Crippen LogP contribution in [-0.2, 0) is 17.8 Å². The van der Waals surface area contributed by atoms with Gasteiger partial charge >= 0.3 is 0 Å². The summed E-state index contributed by atoms with van der Waals surface area (Å²) in [5, 5.41) is 13.5. The van der Waals surface area contributed by atoms with Crippen LogP contribution in [0.2, 0.25) is 5.02 Å². The van der Waals surface area contributed by atoms with Crippen LogP contribution in [0.15, 0.2) is 58.5 Å². The fourth-order valence-corrected chi connectivity index (χ4v) is 4.49. The van der Waals surface area contributed by atoms with Crippen LogP contribution in [0.4, 0.5) is 0 Å². The molecule has 0 saturated carbocycles. The lowest BCUT2D eigenvalue weighted by Gasteiger charge is -2.12. The summed E-state index contributed by atoms with van der Waals surface area (Å²) >= 11 is 7.22. The molecular weight excluding hydrogens is 458 g/mol. The number of amides is 1. The molecule has 172 valence electrons. The third-order valence-corrected chi connectivity index (χ3v) is 6.57. The minimum atomic E-state index is -0.0804. The topological polar surface area (TPSA) is 81.3 Å². The molecule has 2 aromatic carbocycles. The standard InChI is InChI=1S/C24H26ClN5O2S/c1-16(2)12-14-29-22(32)19-5-3-4-6-20(19)30-23(29)27-28-24(30)33-15-21(31)26-13-11-17-7-9-18(25)10-8-17/h3-10,16H,11-15H2,1-2H3,(H,26,31). The van der Waals surface area contributed by atoms with Crippen LogP contribution in [0, 0.1) is 5.92 Å². The van der Waals surface area contributed by atoms with Crippen molar-refractivity contribution in [2.24, 2.45) is 5.92 Å². The molecule has 2 heterocycles. The lowest BCUT2D eigenvalue weighted by atomic mass is 10.1. The fourth-order valence-electron chi connectivity index (χ4n) is 3.59. The van der Waals surface area contributed by atoms with Gasteiger partial charge in [0, 0.05) is 18.1 Å². The predicted octanol–water partition coefficient (Wildman–Crippen LogP) is 4.19. The van der Waals surface area contributed by atoms with Crippen LogP contribution in [0.3, 0.4) is 0 Å². The molecule has 0 bridgehead atoms. The summed E-state index contributed by atoms with van der Waals surface area (Å²) in [6.07, 6.45) is 1.59. The molecular formula is C24H26ClN5O2S. The molecule has 7 nitrogen and oxygen atoms in total. The Bertz CT molecular complexity index is 1330. The van der Waals surface area contributed by atoms with Gasteiger partial charge in [-0.3, -0.25) is 18.6 Å². The monoisotopic (exact) mass is 483 g/mol. The van der Waals surface area contributed by atoms with Crippen LogP contribution >= 0.6 is 23.4 Å². The Morgan fingerprint density at radius 1 is 1.12 bits per heavy atom. The Hall–Kier alpha value is -2.84. The zero-order valence-corrected chi connectivity index (χ0v) is 20.2. The zero-order chi connectivity index (χ0) is 23.4. The van der Waals surface area contributed by atoms with Crippen molar-refractivity contribution in [3.8, 4) is 0 Å². The smallest absolute Gasteiger partial charge is 0.262 e. The van der Waals surface area contributed by atoms with Crippen molar-refractivity contribution in [3.63, 3.8) is 0 Å². The van der Waals surface area contributed by atoms with Crippen LogP contribution in [0.5, 0.6) is 0 Å². The highest BCUT2D eigenvalue weighted by atomic mass is 35.5. The van der Waals surface area contributed by atoms with E-state index in [9.17, 15) is 9.59 Å². The molecule has 2 aromatic heterocycles. The van der Waals surface area contributed by atoms with Gasteiger partial charge in [-0.2, -0.15) is 0 Å². The van der Waals surface area contributed by atoms with Crippen molar-refractivity contribution >= 4 is 46.0 Å². The Balaban J connectivity index is 1.50. The first-order valence-electron chi connectivity index (χ1n) is 10.9. The second-order valence-electron chi connectivity index (χ2n) is 8.29. The number of hydrogen-bond donors (Lipinski definition) is 1. The Labute approximate surface area is 201 Å². The van der Waals surface area contributed by atoms with E-state index in [2.05, 4.69) is 29.4 Å². The summed E-state index contributed by atoms with van der Waals surface area (Å²) < 4.78 is 3.56. The number of fused-ring (bicyclic) bond motifs is 3. The first-order chi connectivity index (χ1) is 15.9. The van der Waals surface area contributed by atoms with Gasteiger partial charge < -0.3 is 5.32 Å². The normalized spacial score (nSPS) is 11.5. The minimum absolute atomic E-state index is 0.0670. The maximum atomic E-state index is 13.1. The maximum Gasteiger partial charge on any atom is 0.262 e. The van der Waals surface area contributed by atoms with Gasteiger partial charge in [0.15, 0.2) is 5.16 Å². The van der Waals surface area contributed by atoms with Gasteiger partial charge in [-0.25, -0.2) is 0 Å². The van der Waals surface area contributed by atoms with Gasteiger partial charge in [0.05, 0.1) is 16.7 Å². The second-order valence-corrected chi connectivity index (χ2v) is 9.67. The highest BCUT2D eigenvalue weighted by Crippen LogP contribution is 2.22. The molecule has 0 spiro atoms. The molecule has 9 heteroatoms. The van der Waals surface area contributed by atoms with Crippen molar-refractivity contribution < 1.29 is 4.79 Å². The second kappa shape index (κ2) is 10.4. The number of rotatable bonds is 9. The average molecular weight is 484 g/mol. The van der Waals surface area contributed by atoms with E-state index in [1.165, 1.54) is 11.8 Å². The number of carbonyl (C=O) groups excluding carboxylic acids is 1. The van der Waals surface area contributed by atoms with Crippen LogP contribution in [0.1, 0.15) is 25.8 Å². The molecule has 0 fully saturated rings. The number of nitrogens with one attached hydrogen (secondary N) is 1. The summed E-state index contributed by atoms with van der Waals surface area (Å²) in [4.78, 5) is 25.5. The van der Waals surface area contributed by atoms with Gasteiger partial charge in [0.1, 0.15) is 0 Å². The molecule has 0 unspecified atom stereocenters. The van der Waals surface area contributed by atoms with Crippen molar-refractivity contribution in [2.45, 2.75) is 38.4 Å². The van der Waals surface area contributed by atoms with Crippen molar-refractivity contribution in [1.82, 2.24) is 24.5 Å². The van der Waals surface area contributed by atoms with Gasteiger partial charge in [-0.15, -0.1) is 10.2 Å². The summed E-state index contributed by atoms with van der Waals surface area (Å²) in [6.45, 7) is 5.36. The number of nitrogens with zero attached hydrogens (tertiary/aromatic N) is 4. The molecule has 4 aromatic rings. The lowest BCUT2D eigenvalue weighted by Crippen LogP contribution is -2.27. The third-order valence-electron chi connectivity index (χ3n) is 5.39. The minimum Gasteiger partial charge on any atom is -0.355 e. The predicted molar refractivity (Wildman–Crippen MR) is 133 cm³/mol. The molecule has 4 rings (SSSR count). The van der Waals surface area contributed by atoms with E-state index >= 15 is 0 Å². The first-order valence-corrected chi connectivity index (χ1v) is 12.3. The first kappa shape index (κ1) is 23.3. The summed E-state index contributed by atoms with van der Waals surface area (Å²) in [7, 11) is 0. The van der Waals surface area contributed by atoms with Crippen LogP contribution in [0.25, 0.3) is 16.7 Å². The maximum absolute atomic E-state index is 13.1. The molecule has 0 aliphatic heterocycles. The molecule has 1 amide bonds. The number of aromatic nitrogens is 4. The average Bonchev–Trinajstić information content (AvgIpc) is 3.23. The number of aryl methyl sites for hydroxylation is 1. The van der Waals surface area contributed by atoms with E-state index in [1.54, 1.807) is 4.57 Å². The molecule has 0 aliphatic carbocycles. The number of para-hydroxylation sites is 1.